The van der Waals surface area contributed by atoms with Crippen LogP contribution in [0.2, 0.25) is 0 Å². The number of hydrogen-bond donors (Lipinski definition) is 1. The summed E-state index contributed by atoms with van der Waals surface area (Å²) >= 11 is 0. The third-order valence-electron chi connectivity index (χ3n) is 4.81. The normalized spacial score (nSPS) is 37.3. The zero-order valence-electron chi connectivity index (χ0n) is 13.1. The summed E-state index contributed by atoms with van der Waals surface area (Å²) in [5.74, 6) is -0.408. The highest BCUT2D eigenvalue weighted by Crippen LogP contribution is 2.67. The first-order chi connectivity index (χ1) is 11.6. The lowest BCUT2D eigenvalue weighted by atomic mass is 9.90. The van der Waals surface area contributed by atoms with Crippen LogP contribution in [0.3, 0.4) is 0 Å². The molecule has 126 valence electrons. The van der Waals surface area contributed by atoms with E-state index in [4.69, 9.17) is 9.26 Å². The average Bonchev–Trinajstić information content (AvgIpc) is 2.75. The van der Waals surface area contributed by atoms with E-state index in [0.717, 1.165) is 23.7 Å². The minimum atomic E-state index is -3.21. The Balaban J connectivity index is 1.71. The second-order valence-corrected chi connectivity index (χ2v) is 8.84. The van der Waals surface area contributed by atoms with Crippen molar-refractivity contribution in [2.45, 2.75) is 25.6 Å². The van der Waals surface area contributed by atoms with Crippen LogP contribution in [0.15, 0.2) is 59.2 Å². The molecule has 0 aromatic rings. The fourth-order valence-electron chi connectivity index (χ4n) is 3.67. The van der Waals surface area contributed by atoms with E-state index in [0.29, 0.717) is 5.76 Å². The Morgan fingerprint density at radius 1 is 1.25 bits per heavy atom. The van der Waals surface area contributed by atoms with Gasteiger partial charge >= 0.3 is 5.97 Å². The van der Waals surface area contributed by atoms with E-state index in [9.17, 15) is 14.5 Å². The monoisotopic (exact) mass is 346 g/mol. The van der Waals surface area contributed by atoms with Crippen molar-refractivity contribution in [3.05, 3.63) is 59.2 Å². The van der Waals surface area contributed by atoms with Crippen LogP contribution < -0.4 is 0 Å². The van der Waals surface area contributed by atoms with Crippen molar-refractivity contribution in [1.29, 1.82) is 0 Å². The van der Waals surface area contributed by atoms with Crippen molar-refractivity contribution in [2.75, 3.05) is 6.16 Å². The molecule has 4 unspecified atom stereocenters. The lowest BCUT2D eigenvalue weighted by Gasteiger charge is -2.37. The van der Waals surface area contributed by atoms with Gasteiger partial charge in [0.05, 0.1) is 12.1 Å². The van der Waals surface area contributed by atoms with Crippen molar-refractivity contribution in [3.8, 4) is 0 Å². The summed E-state index contributed by atoms with van der Waals surface area (Å²) in [6, 6.07) is 0. The van der Waals surface area contributed by atoms with Gasteiger partial charge in [0.1, 0.15) is 5.76 Å². The van der Waals surface area contributed by atoms with Gasteiger partial charge in [-0.15, -0.1) is 0 Å². The fourth-order valence-corrected chi connectivity index (χ4v) is 6.47. The number of aliphatic hydroxyl groups is 1. The highest BCUT2D eigenvalue weighted by atomic mass is 31.2. The summed E-state index contributed by atoms with van der Waals surface area (Å²) in [6.07, 6.45) is 14.4. The molecule has 0 spiro atoms. The van der Waals surface area contributed by atoms with Gasteiger partial charge in [-0.2, -0.15) is 0 Å². The van der Waals surface area contributed by atoms with Crippen molar-refractivity contribution in [3.63, 3.8) is 0 Å². The van der Waals surface area contributed by atoms with E-state index < -0.39 is 25.5 Å². The quantitative estimate of drug-likeness (QED) is 0.613. The van der Waals surface area contributed by atoms with Gasteiger partial charge in [-0.1, -0.05) is 36.5 Å². The summed E-state index contributed by atoms with van der Waals surface area (Å²) in [5.41, 5.74) is 1.04. The van der Waals surface area contributed by atoms with Crippen LogP contribution in [0.5, 0.6) is 0 Å². The van der Waals surface area contributed by atoms with Crippen LogP contribution in [0.25, 0.3) is 0 Å². The molecule has 2 aliphatic heterocycles. The number of fused-ring (bicyclic) bond motifs is 3. The van der Waals surface area contributed by atoms with Gasteiger partial charge < -0.3 is 14.4 Å². The first-order valence-corrected chi connectivity index (χ1v) is 9.99. The molecule has 5 nitrogen and oxygen atoms in total. The van der Waals surface area contributed by atoms with E-state index in [-0.39, 0.29) is 18.5 Å². The van der Waals surface area contributed by atoms with Crippen LogP contribution in [0.4, 0.5) is 0 Å². The molecule has 0 amide bonds. The smallest absolute Gasteiger partial charge is 0.312 e. The van der Waals surface area contributed by atoms with E-state index in [1.54, 1.807) is 0 Å². The number of carbonyl (C=O) groups is 1. The molecule has 0 aromatic carbocycles. The highest BCUT2D eigenvalue weighted by Gasteiger charge is 2.47. The summed E-state index contributed by atoms with van der Waals surface area (Å²) in [6.45, 7) is 0. The predicted octanol–water partition coefficient (Wildman–Crippen LogP) is 3.41. The average molecular weight is 346 g/mol. The van der Waals surface area contributed by atoms with Gasteiger partial charge in [-0.25, -0.2) is 0 Å². The van der Waals surface area contributed by atoms with Crippen LogP contribution in [0, 0.1) is 11.8 Å². The van der Waals surface area contributed by atoms with E-state index in [1.807, 2.05) is 36.5 Å². The Labute approximate surface area is 140 Å². The number of rotatable bonds is 2. The molecule has 2 heterocycles. The topological polar surface area (TPSA) is 72.8 Å². The van der Waals surface area contributed by atoms with Crippen molar-refractivity contribution in [2.24, 2.45) is 11.8 Å². The molecule has 0 radical (unpaired) electrons. The zero-order valence-corrected chi connectivity index (χ0v) is 14.0. The van der Waals surface area contributed by atoms with Crippen LogP contribution in [0.1, 0.15) is 19.3 Å². The molecule has 0 saturated carbocycles. The summed E-state index contributed by atoms with van der Waals surface area (Å²) in [4.78, 5) is 11.9. The molecule has 0 aromatic heterocycles. The molecule has 4 atom stereocenters. The Morgan fingerprint density at radius 3 is 2.88 bits per heavy atom. The second-order valence-electron chi connectivity index (χ2n) is 6.43. The SMILES string of the molecule is O=C1OC(O)CC1CP1(=O)OC2=CCC=CC=C2C2CC=CC=C21. The standard InChI is InChI=1S/C18H19O5P/c19-17-10-12(18(20)22-17)11-24(21)16-9-5-4-7-14(16)13-6-2-1-3-8-15(13)23-24/h1-2,4-6,8-9,12,14,17,19H,3,7,10-11H2. The lowest BCUT2D eigenvalue weighted by molar-refractivity contribution is -0.155. The van der Waals surface area contributed by atoms with E-state index >= 15 is 0 Å². The summed E-state index contributed by atoms with van der Waals surface area (Å²) in [5, 5.41) is 10.3. The number of allylic oxidation sites excluding steroid dienone is 9. The maximum atomic E-state index is 13.7. The Morgan fingerprint density at radius 2 is 2.08 bits per heavy atom. The lowest BCUT2D eigenvalue weighted by Crippen LogP contribution is -2.23. The third-order valence-corrected chi connectivity index (χ3v) is 7.48. The number of hydrogen-bond acceptors (Lipinski definition) is 5. The molecule has 0 bridgehead atoms. The number of esters is 1. The van der Waals surface area contributed by atoms with Gasteiger partial charge in [0.25, 0.3) is 7.37 Å². The van der Waals surface area contributed by atoms with E-state index in [1.165, 1.54) is 0 Å². The Bertz CT molecular complexity index is 770. The molecule has 4 rings (SSSR count). The molecular formula is C18H19O5P. The number of cyclic esters (lactones) is 1. The first-order valence-electron chi connectivity index (χ1n) is 8.18. The number of aliphatic hydroxyl groups excluding tert-OH is 1. The molecule has 2 aliphatic carbocycles. The highest BCUT2D eigenvalue weighted by molar-refractivity contribution is 7.63. The van der Waals surface area contributed by atoms with Gasteiger partial charge in [-0.05, 0) is 18.9 Å². The van der Waals surface area contributed by atoms with Gasteiger partial charge in [0.2, 0.25) is 6.29 Å². The molecule has 2 saturated heterocycles. The zero-order chi connectivity index (χ0) is 16.7. The maximum absolute atomic E-state index is 13.7. The molecule has 4 aliphatic rings. The van der Waals surface area contributed by atoms with Gasteiger partial charge in [-0.3, -0.25) is 9.36 Å². The molecule has 6 heteroatoms. The Hall–Kier alpha value is -1.84. The first kappa shape index (κ1) is 15.7. The number of ether oxygens (including phenoxy) is 1. The van der Waals surface area contributed by atoms with E-state index in [2.05, 4.69) is 6.08 Å². The summed E-state index contributed by atoms with van der Waals surface area (Å²) in [7, 11) is -3.21. The molecule has 2 fully saturated rings. The van der Waals surface area contributed by atoms with Crippen molar-refractivity contribution in [1.82, 2.24) is 0 Å². The Kier molecular flexibility index (Phi) is 3.86. The third kappa shape index (κ3) is 2.62. The van der Waals surface area contributed by atoms with Gasteiger partial charge in [0.15, 0.2) is 0 Å². The fraction of sp³-hybridized carbons (Fsp3) is 0.389. The van der Waals surface area contributed by atoms with Crippen LogP contribution in [-0.4, -0.2) is 23.5 Å². The second kappa shape index (κ2) is 5.91. The molecule has 24 heavy (non-hydrogen) atoms. The minimum Gasteiger partial charge on any atom is -0.440 e. The van der Waals surface area contributed by atoms with Crippen LogP contribution >= 0.6 is 7.37 Å². The minimum absolute atomic E-state index is 0.0194. The number of carbonyl (C=O) groups excluding carboxylic acids is 1. The molecule has 1 N–H and O–H groups in total. The van der Waals surface area contributed by atoms with Gasteiger partial charge in [0, 0.05) is 23.2 Å². The summed E-state index contributed by atoms with van der Waals surface area (Å²) < 4.78 is 24.5. The van der Waals surface area contributed by atoms with Crippen molar-refractivity contribution >= 4 is 13.3 Å². The molecular weight excluding hydrogens is 327 g/mol. The predicted molar refractivity (Wildman–Crippen MR) is 89.0 cm³/mol. The van der Waals surface area contributed by atoms with Crippen LogP contribution in [-0.2, 0) is 18.6 Å². The largest absolute Gasteiger partial charge is 0.440 e. The van der Waals surface area contributed by atoms with Crippen molar-refractivity contribution < 1.29 is 23.7 Å². The maximum Gasteiger partial charge on any atom is 0.312 e.